The van der Waals surface area contributed by atoms with Gasteiger partial charge in [0.25, 0.3) is 0 Å². The summed E-state index contributed by atoms with van der Waals surface area (Å²) in [5, 5.41) is 6.41. The van der Waals surface area contributed by atoms with E-state index >= 15 is 0 Å². The van der Waals surface area contributed by atoms with Gasteiger partial charge in [0.15, 0.2) is 5.82 Å². The fourth-order valence-corrected chi connectivity index (χ4v) is 3.30. The van der Waals surface area contributed by atoms with Gasteiger partial charge in [-0.1, -0.05) is 38.1 Å². The maximum atomic E-state index is 12.8. The van der Waals surface area contributed by atoms with Crippen LogP contribution in [0.15, 0.2) is 34.9 Å². The SMILES string of the molecule is CN1C[C@@H](c2ccc(C(F)(F)F)cc2)[C@H](C(=O)Nc2cc(C(C)(C)C)on2)C1=O. The second-order valence-corrected chi connectivity index (χ2v) is 8.24. The van der Waals surface area contributed by atoms with E-state index in [0.29, 0.717) is 11.3 Å². The molecule has 0 aliphatic carbocycles. The molecule has 1 aliphatic rings. The summed E-state index contributed by atoms with van der Waals surface area (Å²) in [6.07, 6.45) is -4.45. The Morgan fingerprint density at radius 1 is 1.21 bits per heavy atom. The first-order valence-electron chi connectivity index (χ1n) is 9.08. The molecule has 1 aromatic heterocycles. The summed E-state index contributed by atoms with van der Waals surface area (Å²) in [6, 6.07) is 6.14. The average Bonchev–Trinajstić information content (AvgIpc) is 3.19. The van der Waals surface area contributed by atoms with Gasteiger partial charge in [0.2, 0.25) is 11.8 Å². The largest absolute Gasteiger partial charge is 0.416 e. The fraction of sp³-hybridized carbons (Fsp3) is 0.450. The molecule has 2 heterocycles. The van der Waals surface area contributed by atoms with Crippen LogP contribution in [0.4, 0.5) is 19.0 Å². The number of rotatable bonds is 3. The molecular weight excluding hydrogens is 387 g/mol. The molecule has 0 unspecified atom stereocenters. The van der Waals surface area contributed by atoms with Crippen LogP contribution in [0.2, 0.25) is 0 Å². The number of nitrogens with zero attached hydrogens (tertiary/aromatic N) is 2. The number of anilines is 1. The predicted octanol–water partition coefficient (Wildman–Crippen LogP) is 3.80. The third-order valence-electron chi connectivity index (χ3n) is 4.96. The van der Waals surface area contributed by atoms with Gasteiger partial charge in [-0.25, -0.2) is 0 Å². The van der Waals surface area contributed by atoms with Gasteiger partial charge in [0.1, 0.15) is 11.7 Å². The Bertz CT molecular complexity index is 914. The van der Waals surface area contributed by atoms with Crippen LogP contribution in [0.1, 0.15) is 43.6 Å². The Morgan fingerprint density at radius 2 is 1.83 bits per heavy atom. The number of likely N-dealkylation sites (N-methyl/N-ethyl adjacent to an activating group) is 1. The number of aromatic nitrogens is 1. The van der Waals surface area contributed by atoms with Gasteiger partial charge in [-0.05, 0) is 17.7 Å². The van der Waals surface area contributed by atoms with Crippen LogP contribution >= 0.6 is 0 Å². The molecular formula is C20H22F3N3O3. The summed E-state index contributed by atoms with van der Waals surface area (Å²) in [5.74, 6) is -1.84. The van der Waals surface area contributed by atoms with E-state index in [1.165, 1.54) is 17.0 Å². The van der Waals surface area contributed by atoms with E-state index in [-0.39, 0.29) is 17.8 Å². The molecule has 2 atom stereocenters. The van der Waals surface area contributed by atoms with E-state index in [4.69, 9.17) is 4.52 Å². The quantitative estimate of drug-likeness (QED) is 0.783. The van der Waals surface area contributed by atoms with Gasteiger partial charge in [-0.3, -0.25) is 9.59 Å². The minimum atomic E-state index is -4.45. The Hall–Kier alpha value is -2.84. The van der Waals surface area contributed by atoms with Crippen LogP contribution in [0.25, 0.3) is 0 Å². The highest BCUT2D eigenvalue weighted by Gasteiger charge is 2.44. The van der Waals surface area contributed by atoms with E-state index in [1.807, 2.05) is 20.8 Å². The summed E-state index contributed by atoms with van der Waals surface area (Å²) in [5.41, 5.74) is -0.592. The lowest BCUT2D eigenvalue weighted by atomic mass is 9.87. The monoisotopic (exact) mass is 409 g/mol. The Morgan fingerprint density at radius 3 is 2.34 bits per heavy atom. The van der Waals surface area contributed by atoms with E-state index in [2.05, 4.69) is 10.5 Å². The minimum Gasteiger partial charge on any atom is -0.359 e. The maximum absolute atomic E-state index is 12.8. The third-order valence-corrected chi connectivity index (χ3v) is 4.96. The fourth-order valence-electron chi connectivity index (χ4n) is 3.30. The van der Waals surface area contributed by atoms with Crippen molar-refractivity contribution >= 4 is 17.6 Å². The third kappa shape index (κ3) is 4.28. The van der Waals surface area contributed by atoms with Gasteiger partial charge in [0.05, 0.1) is 5.56 Å². The number of hydrogen-bond acceptors (Lipinski definition) is 4. The van der Waals surface area contributed by atoms with Crippen molar-refractivity contribution in [1.82, 2.24) is 10.1 Å². The Balaban J connectivity index is 1.82. The number of carbonyl (C=O) groups excluding carboxylic acids is 2. The Kier molecular flexibility index (Phi) is 5.19. The molecule has 1 aromatic carbocycles. The first kappa shape index (κ1) is 20.9. The number of nitrogens with one attached hydrogen (secondary N) is 1. The first-order chi connectivity index (χ1) is 13.4. The zero-order valence-electron chi connectivity index (χ0n) is 16.5. The standard InChI is InChI=1S/C20H22F3N3O3/c1-19(2,3)14-9-15(25-29-14)24-17(27)16-13(10-26(4)18(16)28)11-5-7-12(8-6-11)20(21,22)23/h5-9,13,16H,10H2,1-4H3,(H,24,25,27)/t13-,16+/m0/s1. The van der Waals surface area contributed by atoms with Crippen molar-refractivity contribution in [1.29, 1.82) is 0 Å². The smallest absolute Gasteiger partial charge is 0.359 e. The number of amides is 2. The van der Waals surface area contributed by atoms with Crippen LogP contribution in [-0.2, 0) is 21.2 Å². The number of halogens is 3. The van der Waals surface area contributed by atoms with Crippen LogP contribution in [0.3, 0.4) is 0 Å². The second kappa shape index (κ2) is 7.20. The minimum absolute atomic E-state index is 0.188. The van der Waals surface area contributed by atoms with Crippen molar-refractivity contribution in [2.45, 2.75) is 38.3 Å². The molecule has 156 valence electrons. The van der Waals surface area contributed by atoms with Crippen LogP contribution in [0, 0.1) is 5.92 Å². The predicted molar refractivity (Wildman–Crippen MR) is 99.1 cm³/mol. The maximum Gasteiger partial charge on any atom is 0.416 e. The van der Waals surface area contributed by atoms with Crippen LogP contribution < -0.4 is 5.32 Å². The molecule has 1 aliphatic heterocycles. The van der Waals surface area contributed by atoms with Crippen molar-refractivity contribution in [3.63, 3.8) is 0 Å². The molecule has 0 spiro atoms. The van der Waals surface area contributed by atoms with Gasteiger partial charge < -0.3 is 14.7 Å². The van der Waals surface area contributed by atoms with E-state index in [1.54, 1.807) is 13.1 Å². The molecule has 2 amide bonds. The van der Waals surface area contributed by atoms with Gasteiger partial charge in [-0.2, -0.15) is 13.2 Å². The summed E-state index contributed by atoms with van der Waals surface area (Å²) in [4.78, 5) is 26.8. The molecule has 9 heteroatoms. The molecule has 0 radical (unpaired) electrons. The summed E-state index contributed by atoms with van der Waals surface area (Å²) >= 11 is 0. The first-order valence-corrected chi connectivity index (χ1v) is 9.08. The molecule has 1 N–H and O–H groups in total. The summed E-state index contributed by atoms with van der Waals surface area (Å²) < 4.78 is 43.7. The molecule has 2 aromatic rings. The van der Waals surface area contributed by atoms with Crippen molar-refractivity contribution in [2.24, 2.45) is 5.92 Å². The van der Waals surface area contributed by atoms with Crippen molar-refractivity contribution in [2.75, 3.05) is 18.9 Å². The molecule has 0 bridgehead atoms. The molecule has 0 saturated carbocycles. The van der Waals surface area contributed by atoms with Crippen LogP contribution in [-0.4, -0.2) is 35.5 Å². The molecule has 29 heavy (non-hydrogen) atoms. The highest BCUT2D eigenvalue weighted by Crippen LogP contribution is 2.36. The van der Waals surface area contributed by atoms with Gasteiger partial charge in [-0.15, -0.1) is 0 Å². The lowest BCUT2D eigenvalue weighted by Gasteiger charge is -2.17. The highest BCUT2D eigenvalue weighted by molar-refractivity contribution is 6.08. The summed E-state index contributed by atoms with van der Waals surface area (Å²) in [6.45, 7) is 6.01. The number of alkyl halides is 3. The molecule has 1 saturated heterocycles. The van der Waals surface area contributed by atoms with Crippen molar-refractivity contribution in [3.05, 3.63) is 47.2 Å². The van der Waals surface area contributed by atoms with Crippen molar-refractivity contribution in [3.8, 4) is 0 Å². The Labute approximate surface area is 166 Å². The van der Waals surface area contributed by atoms with Crippen molar-refractivity contribution < 1.29 is 27.3 Å². The lowest BCUT2D eigenvalue weighted by molar-refractivity contribution is -0.138. The highest BCUT2D eigenvalue weighted by atomic mass is 19.4. The second-order valence-electron chi connectivity index (χ2n) is 8.24. The van der Waals surface area contributed by atoms with E-state index in [0.717, 1.165) is 12.1 Å². The molecule has 6 nitrogen and oxygen atoms in total. The number of likely N-dealkylation sites (tertiary alicyclic amines) is 1. The van der Waals surface area contributed by atoms with Gasteiger partial charge in [0, 0.05) is 31.0 Å². The normalized spacial score (nSPS) is 20.2. The lowest BCUT2D eigenvalue weighted by Crippen LogP contribution is -2.32. The number of benzene rings is 1. The summed E-state index contributed by atoms with van der Waals surface area (Å²) in [7, 11) is 1.56. The number of carbonyl (C=O) groups is 2. The average molecular weight is 409 g/mol. The van der Waals surface area contributed by atoms with Gasteiger partial charge >= 0.3 is 6.18 Å². The van der Waals surface area contributed by atoms with E-state index < -0.39 is 35.4 Å². The topological polar surface area (TPSA) is 75.4 Å². The van der Waals surface area contributed by atoms with E-state index in [9.17, 15) is 22.8 Å². The molecule has 3 rings (SSSR count). The van der Waals surface area contributed by atoms with Crippen LogP contribution in [0.5, 0.6) is 0 Å². The zero-order valence-corrected chi connectivity index (χ0v) is 16.5. The zero-order chi connectivity index (χ0) is 21.6. The number of hydrogen-bond donors (Lipinski definition) is 1. The molecule has 1 fully saturated rings.